The van der Waals surface area contributed by atoms with Gasteiger partial charge in [-0.25, -0.2) is 0 Å². The molecule has 0 amide bonds. The van der Waals surface area contributed by atoms with Crippen LogP contribution in [-0.4, -0.2) is 40.9 Å². The van der Waals surface area contributed by atoms with Crippen LogP contribution in [0.25, 0.3) is 0 Å². The van der Waals surface area contributed by atoms with Gasteiger partial charge >= 0.3 is 35.8 Å². The van der Waals surface area contributed by atoms with Crippen molar-refractivity contribution in [1.29, 1.82) is 0 Å². The third kappa shape index (κ3) is 5.45. The normalized spacial score (nSPS) is 16.6. The summed E-state index contributed by atoms with van der Waals surface area (Å²) >= 11 is 0. The van der Waals surface area contributed by atoms with Crippen LogP contribution in [0.4, 0.5) is 57.1 Å². The summed E-state index contributed by atoms with van der Waals surface area (Å²) in [5, 5.41) is 11.3. The van der Waals surface area contributed by atoms with Gasteiger partial charge in [0.05, 0.1) is 6.42 Å². The molecule has 2 rings (SSSR count). The Morgan fingerprint density at radius 2 is 1.10 bits per heavy atom. The second-order valence-electron chi connectivity index (χ2n) is 9.18. The maximum Gasteiger partial charge on any atom is 0.460 e. The molecular weight excluding hydrogens is 563 g/mol. The third-order valence-electron chi connectivity index (χ3n) is 6.50. The Balaban J connectivity index is 2.67. The van der Waals surface area contributed by atoms with E-state index in [4.69, 9.17) is 0 Å². The van der Waals surface area contributed by atoms with E-state index in [1.54, 1.807) is 6.92 Å². The van der Waals surface area contributed by atoms with Gasteiger partial charge in [0.15, 0.2) is 0 Å². The zero-order valence-electron chi connectivity index (χ0n) is 20.3. The Labute approximate surface area is 214 Å². The van der Waals surface area contributed by atoms with Gasteiger partial charge in [0.1, 0.15) is 5.60 Å². The summed E-state index contributed by atoms with van der Waals surface area (Å²) in [5.74, 6) is -39.3. The van der Waals surface area contributed by atoms with Crippen molar-refractivity contribution < 1.29 is 62.2 Å². The van der Waals surface area contributed by atoms with E-state index in [2.05, 4.69) is 0 Å². The second kappa shape index (κ2) is 10.5. The molecule has 0 saturated carbocycles. The Hall–Kier alpha value is -2.51. The first-order valence-corrected chi connectivity index (χ1v) is 11.3. The number of hydrogen-bond donors (Lipinski definition) is 1. The fourth-order valence-corrected chi connectivity index (χ4v) is 4.02. The number of rotatable bonds is 11. The second-order valence-corrected chi connectivity index (χ2v) is 9.18. The standard InChI is InChI=1S/C25H23F13O/c1-3-7-16-10-12-18(13-11-16)19(39,15(2)17-8-5-4-6-9-17)14-20(26,27)21(28,29)22(30,31)23(32,33)24(34,35)25(36,37)38/h4-6,8-13,15,39H,3,7,14H2,1-2H3. The number of halogens is 13. The van der Waals surface area contributed by atoms with Crippen LogP contribution in [0, 0.1) is 0 Å². The predicted octanol–water partition coefficient (Wildman–Crippen LogP) is 8.76. The predicted molar refractivity (Wildman–Crippen MR) is 115 cm³/mol. The highest BCUT2D eigenvalue weighted by atomic mass is 19.4. The highest BCUT2D eigenvalue weighted by molar-refractivity contribution is 5.34. The Morgan fingerprint density at radius 1 is 0.641 bits per heavy atom. The number of benzene rings is 2. The summed E-state index contributed by atoms with van der Waals surface area (Å²) in [4.78, 5) is 0. The minimum atomic E-state index is -8.00. The molecule has 0 fully saturated rings. The van der Waals surface area contributed by atoms with E-state index in [1.807, 2.05) is 0 Å². The van der Waals surface area contributed by atoms with Gasteiger partial charge in [-0.1, -0.05) is 74.9 Å². The first kappa shape index (κ1) is 32.7. The molecule has 2 unspecified atom stereocenters. The van der Waals surface area contributed by atoms with Gasteiger partial charge in [-0.15, -0.1) is 0 Å². The lowest BCUT2D eigenvalue weighted by Gasteiger charge is -2.43. The van der Waals surface area contributed by atoms with Gasteiger partial charge in [-0.05, 0) is 23.1 Å². The Morgan fingerprint density at radius 3 is 1.54 bits per heavy atom. The van der Waals surface area contributed by atoms with E-state index in [9.17, 15) is 62.2 Å². The van der Waals surface area contributed by atoms with Gasteiger partial charge in [-0.2, -0.15) is 57.1 Å². The summed E-state index contributed by atoms with van der Waals surface area (Å²) in [6, 6.07) is 11.2. The lowest BCUT2D eigenvalue weighted by Crippen LogP contribution is -2.70. The molecule has 2 atom stereocenters. The largest absolute Gasteiger partial charge is 0.460 e. The van der Waals surface area contributed by atoms with E-state index in [0.29, 0.717) is 18.4 Å². The third-order valence-corrected chi connectivity index (χ3v) is 6.50. The topological polar surface area (TPSA) is 20.2 Å². The summed E-state index contributed by atoms with van der Waals surface area (Å²) in [6.07, 6.45) is -9.18. The molecule has 2 aromatic carbocycles. The first-order chi connectivity index (χ1) is 17.5. The van der Waals surface area contributed by atoms with E-state index >= 15 is 0 Å². The van der Waals surface area contributed by atoms with Crippen LogP contribution >= 0.6 is 0 Å². The van der Waals surface area contributed by atoms with Crippen molar-refractivity contribution >= 4 is 0 Å². The molecule has 1 N–H and O–H groups in total. The summed E-state index contributed by atoms with van der Waals surface area (Å²) in [5.41, 5.74) is -3.19. The van der Waals surface area contributed by atoms with Crippen LogP contribution in [0.15, 0.2) is 54.6 Å². The van der Waals surface area contributed by atoms with Crippen LogP contribution in [0.3, 0.4) is 0 Å². The molecule has 0 saturated heterocycles. The van der Waals surface area contributed by atoms with Crippen LogP contribution < -0.4 is 0 Å². The minimum Gasteiger partial charge on any atom is -0.384 e. The number of hydrogen-bond acceptors (Lipinski definition) is 1. The van der Waals surface area contributed by atoms with Gasteiger partial charge in [0.25, 0.3) is 0 Å². The van der Waals surface area contributed by atoms with Crippen molar-refractivity contribution in [2.24, 2.45) is 0 Å². The van der Waals surface area contributed by atoms with Crippen LogP contribution in [0.1, 0.15) is 49.3 Å². The average Bonchev–Trinajstić information content (AvgIpc) is 2.83. The lowest BCUT2D eigenvalue weighted by atomic mass is 9.73. The smallest absolute Gasteiger partial charge is 0.384 e. The number of alkyl halides is 13. The molecule has 0 spiro atoms. The van der Waals surface area contributed by atoms with E-state index in [0.717, 1.165) is 19.1 Å². The molecule has 39 heavy (non-hydrogen) atoms. The first-order valence-electron chi connectivity index (χ1n) is 11.3. The zero-order valence-corrected chi connectivity index (χ0v) is 20.3. The molecular formula is C25H23F13O. The van der Waals surface area contributed by atoms with Crippen molar-refractivity contribution in [2.75, 3.05) is 0 Å². The molecule has 0 radical (unpaired) electrons. The molecule has 220 valence electrons. The van der Waals surface area contributed by atoms with Crippen molar-refractivity contribution in [3.63, 3.8) is 0 Å². The summed E-state index contributed by atoms with van der Waals surface area (Å²) < 4.78 is 178. The molecule has 14 heteroatoms. The van der Waals surface area contributed by atoms with Crippen molar-refractivity contribution in [3.05, 3.63) is 71.3 Å². The number of aryl methyl sites for hydroxylation is 1. The fourth-order valence-electron chi connectivity index (χ4n) is 4.02. The Bertz CT molecular complexity index is 1100. The van der Waals surface area contributed by atoms with Crippen LogP contribution in [-0.2, 0) is 12.0 Å². The fraction of sp³-hybridized carbons (Fsp3) is 0.520. The monoisotopic (exact) mass is 586 g/mol. The lowest BCUT2D eigenvalue weighted by molar-refractivity contribution is -0.441. The minimum absolute atomic E-state index is 0.00236. The molecule has 0 aliphatic heterocycles. The molecule has 0 aliphatic carbocycles. The van der Waals surface area contributed by atoms with Gasteiger partial charge in [-0.3, -0.25) is 0 Å². The summed E-state index contributed by atoms with van der Waals surface area (Å²) in [6.45, 7) is 2.80. The summed E-state index contributed by atoms with van der Waals surface area (Å²) in [7, 11) is 0. The highest BCUT2D eigenvalue weighted by Gasteiger charge is 2.90. The van der Waals surface area contributed by atoms with Gasteiger partial charge in [0, 0.05) is 5.92 Å². The van der Waals surface area contributed by atoms with Gasteiger partial charge in [0.2, 0.25) is 0 Å². The van der Waals surface area contributed by atoms with Crippen molar-refractivity contribution in [3.8, 4) is 0 Å². The Kier molecular flexibility index (Phi) is 8.78. The molecule has 1 nitrogen and oxygen atoms in total. The van der Waals surface area contributed by atoms with Gasteiger partial charge < -0.3 is 5.11 Å². The zero-order chi connectivity index (χ0) is 30.3. The van der Waals surface area contributed by atoms with Crippen LogP contribution in [0.5, 0.6) is 0 Å². The molecule has 0 heterocycles. The van der Waals surface area contributed by atoms with E-state index in [-0.39, 0.29) is 5.56 Å². The van der Waals surface area contributed by atoms with Crippen LogP contribution in [0.2, 0.25) is 0 Å². The maximum absolute atomic E-state index is 14.9. The number of aliphatic hydroxyl groups is 1. The van der Waals surface area contributed by atoms with Crippen molar-refractivity contribution in [1.82, 2.24) is 0 Å². The quantitative estimate of drug-likeness (QED) is 0.261. The molecule has 0 aliphatic rings. The molecule has 0 aromatic heterocycles. The maximum atomic E-state index is 14.9. The highest BCUT2D eigenvalue weighted by Crippen LogP contribution is 2.62. The average molecular weight is 586 g/mol. The van der Waals surface area contributed by atoms with E-state index < -0.39 is 59.3 Å². The van der Waals surface area contributed by atoms with E-state index in [1.165, 1.54) is 42.5 Å². The van der Waals surface area contributed by atoms with Crippen molar-refractivity contribution in [2.45, 2.75) is 80.4 Å². The SMILES string of the molecule is CCCc1ccc(C(O)(CC(F)(F)C(F)(F)C(F)(F)C(F)(F)C(F)(F)C(F)(F)F)C(C)c2ccccc2)cc1. The molecule has 2 aromatic rings. The molecule has 0 bridgehead atoms.